The molecule has 1 atom stereocenters. The number of hydrogen-bond acceptors (Lipinski definition) is 3. The lowest BCUT2D eigenvalue weighted by Crippen LogP contribution is -2.43. The van der Waals surface area contributed by atoms with Gasteiger partial charge in [-0.25, -0.2) is 0 Å². The molecule has 0 aromatic rings. The van der Waals surface area contributed by atoms with Crippen molar-refractivity contribution >= 4 is 5.91 Å². The minimum absolute atomic E-state index is 0.192. The first-order valence-corrected chi connectivity index (χ1v) is 9.31. The Morgan fingerprint density at radius 3 is 2.50 bits per heavy atom. The molecule has 4 nitrogen and oxygen atoms in total. The summed E-state index contributed by atoms with van der Waals surface area (Å²) in [5.41, 5.74) is 5.48. The Bertz CT molecular complexity index is 321. The first kappa shape index (κ1) is 17.7. The fraction of sp³-hybridized carbons (Fsp3) is 0.944. The predicted octanol–water partition coefficient (Wildman–Crippen LogP) is 2.95. The van der Waals surface area contributed by atoms with E-state index in [1.807, 2.05) is 0 Å². The fourth-order valence-electron chi connectivity index (χ4n) is 3.91. The van der Waals surface area contributed by atoms with Crippen LogP contribution in [0.15, 0.2) is 0 Å². The molecule has 1 aliphatic carbocycles. The van der Waals surface area contributed by atoms with E-state index in [4.69, 9.17) is 10.5 Å². The highest BCUT2D eigenvalue weighted by atomic mass is 16.5. The molecule has 2 aliphatic rings. The number of amides is 1. The number of carbonyl (C=O) groups excluding carboxylic acids is 1. The third-order valence-electron chi connectivity index (χ3n) is 5.29. The zero-order chi connectivity index (χ0) is 15.8. The van der Waals surface area contributed by atoms with Crippen LogP contribution in [0.3, 0.4) is 0 Å². The molecule has 1 aliphatic heterocycles. The normalized spacial score (nSPS) is 22.7. The molecule has 1 amide bonds. The first-order valence-electron chi connectivity index (χ1n) is 9.31. The van der Waals surface area contributed by atoms with Crippen molar-refractivity contribution < 1.29 is 9.53 Å². The maximum atomic E-state index is 12.6. The Kier molecular flexibility index (Phi) is 7.67. The second kappa shape index (κ2) is 9.51. The third kappa shape index (κ3) is 5.54. The van der Waals surface area contributed by atoms with E-state index in [1.165, 1.54) is 32.1 Å². The quantitative estimate of drug-likeness (QED) is 0.736. The van der Waals surface area contributed by atoms with Crippen LogP contribution >= 0.6 is 0 Å². The Labute approximate surface area is 135 Å². The molecular formula is C18H34N2O2. The highest BCUT2D eigenvalue weighted by molar-refractivity contribution is 5.78. The third-order valence-corrected chi connectivity index (χ3v) is 5.29. The van der Waals surface area contributed by atoms with Crippen LogP contribution < -0.4 is 5.73 Å². The minimum atomic E-state index is 0.192. The van der Waals surface area contributed by atoms with Crippen LogP contribution in [0.4, 0.5) is 0 Å². The van der Waals surface area contributed by atoms with Gasteiger partial charge in [-0.1, -0.05) is 39.0 Å². The van der Waals surface area contributed by atoms with Gasteiger partial charge in [-0.2, -0.15) is 0 Å². The van der Waals surface area contributed by atoms with Crippen LogP contribution in [0.1, 0.15) is 64.7 Å². The molecule has 1 saturated heterocycles. The molecule has 2 fully saturated rings. The monoisotopic (exact) mass is 310 g/mol. The lowest BCUT2D eigenvalue weighted by molar-refractivity contribution is -0.138. The molecule has 4 heteroatoms. The van der Waals surface area contributed by atoms with Gasteiger partial charge in [0.05, 0.1) is 6.10 Å². The van der Waals surface area contributed by atoms with Crippen molar-refractivity contribution in [3.05, 3.63) is 0 Å². The van der Waals surface area contributed by atoms with Gasteiger partial charge < -0.3 is 15.4 Å². The molecule has 1 heterocycles. The Balaban J connectivity index is 1.67. The summed E-state index contributed by atoms with van der Waals surface area (Å²) in [6, 6.07) is 0. The smallest absolute Gasteiger partial charge is 0.225 e. The number of hydrogen-bond donors (Lipinski definition) is 1. The summed E-state index contributed by atoms with van der Waals surface area (Å²) in [4.78, 5) is 14.7. The number of piperidine rings is 1. The van der Waals surface area contributed by atoms with Gasteiger partial charge in [-0.3, -0.25) is 4.79 Å². The van der Waals surface area contributed by atoms with Crippen molar-refractivity contribution in [3.8, 4) is 0 Å². The van der Waals surface area contributed by atoms with Gasteiger partial charge in [0.1, 0.15) is 0 Å². The summed E-state index contributed by atoms with van der Waals surface area (Å²) in [5.74, 6) is 1.34. The zero-order valence-corrected chi connectivity index (χ0v) is 14.3. The van der Waals surface area contributed by atoms with Gasteiger partial charge in [-0.15, -0.1) is 0 Å². The molecule has 0 spiro atoms. The van der Waals surface area contributed by atoms with Gasteiger partial charge >= 0.3 is 0 Å². The Morgan fingerprint density at radius 2 is 1.86 bits per heavy atom. The topological polar surface area (TPSA) is 55.6 Å². The number of nitrogens with two attached hydrogens (primary N) is 1. The average molecular weight is 310 g/mol. The largest absolute Gasteiger partial charge is 0.378 e. The Morgan fingerprint density at radius 1 is 1.18 bits per heavy atom. The summed E-state index contributed by atoms with van der Waals surface area (Å²) in [7, 11) is 0. The van der Waals surface area contributed by atoms with Crippen molar-refractivity contribution in [2.75, 3.05) is 26.2 Å². The van der Waals surface area contributed by atoms with Crippen LogP contribution in [0.25, 0.3) is 0 Å². The average Bonchev–Trinajstić information content (AvgIpc) is 2.56. The molecule has 2 N–H and O–H groups in total. The summed E-state index contributed by atoms with van der Waals surface area (Å²) < 4.78 is 5.82. The second-order valence-electron chi connectivity index (χ2n) is 7.18. The van der Waals surface area contributed by atoms with E-state index in [9.17, 15) is 4.79 Å². The molecule has 22 heavy (non-hydrogen) atoms. The van der Waals surface area contributed by atoms with Crippen molar-refractivity contribution in [2.24, 2.45) is 17.6 Å². The van der Waals surface area contributed by atoms with Gasteiger partial charge in [0, 0.05) is 25.6 Å². The molecule has 1 saturated carbocycles. The highest BCUT2D eigenvalue weighted by Crippen LogP contribution is 2.30. The summed E-state index contributed by atoms with van der Waals surface area (Å²) in [6.45, 7) is 5.30. The standard InChI is InChI=1S/C18H34N2O2/c1-15(14-16-6-3-2-4-7-16)18(21)20-11-8-17(9-12-20)22-13-5-10-19/h15-17H,2-14,19H2,1H3. The van der Waals surface area contributed by atoms with Gasteiger partial charge in [0.15, 0.2) is 0 Å². The minimum Gasteiger partial charge on any atom is -0.378 e. The molecule has 1 unspecified atom stereocenters. The zero-order valence-electron chi connectivity index (χ0n) is 14.3. The van der Waals surface area contributed by atoms with Crippen LogP contribution in [0, 0.1) is 11.8 Å². The van der Waals surface area contributed by atoms with Gasteiger partial charge in [-0.05, 0) is 38.1 Å². The molecule has 2 rings (SSSR count). The van der Waals surface area contributed by atoms with E-state index in [1.54, 1.807) is 0 Å². The lowest BCUT2D eigenvalue weighted by Gasteiger charge is -2.34. The van der Waals surface area contributed by atoms with Crippen molar-refractivity contribution in [3.63, 3.8) is 0 Å². The van der Waals surface area contributed by atoms with Gasteiger partial charge in [0.2, 0.25) is 5.91 Å². The van der Waals surface area contributed by atoms with Crippen molar-refractivity contribution in [1.82, 2.24) is 4.90 Å². The van der Waals surface area contributed by atoms with E-state index in [0.29, 0.717) is 18.6 Å². The number of ether oxygens (including phenoxy) is 1. The Hall–Kier alpha value is -0.610. The number of rotatable bonds is 7. The lowest BCUT2D eigenvalue weighted by atomic mass is 9.83. The van der Waals surface area contributed by atoms with Crippen LogP contribution in [-0.2, 0) is 9.53 Å². The molecule has 128 valence electrons. The van der Waals surface area contributed by atoms with Crippen molar-refractivity contribution in [1.29, 1.82) is 0 Å². The van der Waals surface area contributed by atoms with E-state index in [-0.39, 0.29) is 5.92 Å². The fourth-order valence-corrected chi connectivity index (χ4v) is 3.91. The van der Waals surface area contributed by atoms with E-state index in [0.717, 1.165) is 51.3 Å². The van der Waals surface area contributed by atoms with Crippen molar-refractivity contribution in [2.45, 2.75) is 70.8 Å². The van der Waals surface area contributed by atoms with Crippen LogP contribution in [0.5, 0.6) is 0 Å². The summed E-state index contributed by atoms with van der Waals surface area (Å²) in [5, 5.41) is 0. The molecule has 0 aromatic heterocycles. The molecule has 0 aromatic carbocycles. The predicted molar refractivity (Wildman–Crippen MR) is 89.6 cm³/mol. The molecule has 0 radical (unpaired) electrons. The summed E-state index contributed by atoms with van der Waals surface area (Å²) in [6.07, 6.45) is 11.1. The van der Waals surface area contributed by atoms with E-state index >= 15 is 0 Å². The number of nitrogens with zero attached hydrogens (tertiary/aromatic N) is 1. The van der Waals surface area contributed by atoms with Crippen LogP contribution in [0.2, 0.25) is 0 Å². The molecule has 0 bridgehead atoms. The first-order chi connectivity index (χ1) is 10.7. The summed E-state index contributed by atoms with van der Waals surface area (Å²) >= 11 is 0. The van der Waals surface area contributed by atoms with Crippen LogP contribution in [-0.4, -0.2) is 43.2 Å². The van der Waals surface area contributed by atoms with Gasteiger partial charge in [0.25, 0.3) is 0 Å². The second-order valence-corrected chi connectivity index (χ2v) is 7.18. The molecular weight excluding hydrogens is 276 g/mol. The van der Waals surface area contributed by atoms with E-state index < -0.39 is 0 Å². The highest BCUT2D eigenvalue weighted by Gasteiger charge is 2.28. The maximum absolute atomic E-state index is 12.6. The maximum Gasteiger partial charge on any atom is 0.225 e. The van der Waals surface area contributed by atoms with E-state index in [2.05, 4.69) is 11.8 Å². The number of carbonyl (C=O) groups is 1. The number of likely N-dealkylation sites (tertiary alicyclic amines) is 1. The SMILES string of the molecule is CC(CC1CCCCC1)C(=O)N1CCC(OCCCN)CC1.